The number of rotatable bonds is 1. The first kappa shape index (κ1) is 11.0. The van der Waals surface area contributed by atoms with Gasteiger partial charge in [-0.3, -0.25) is 0 Å². The molecule has 0 aromatic rings. The quantitative estimate of drug-likeness (QED) is 0.542. The van der Waals surface area contributed by atoms with Crippen LogP contribution in [0.2, 0.25) is 0 Å². The fraction of sp³-hybridized carbons (Fsp3) is 0.733. The molecule has 84 valence electrons. The first-order valence-corrected chi connectivity index (χ1v) is 6.39. The Hall–Kier alpha value is -0.520. The highest BCUT2D eigenvalue weighted by Gasteiger charge is 2.44. The van der Waals surface area contributed by atoms with Gasteiger partial charge < -0.3 is 0 Å². The Kier molecular flexibility index (Phi) is 2.79. The third-order valence-electron chi connectivity index (χ3n) is 4.76. The van der Waals surface area contributed by atoms with E-state index in [2.05, 4.69) is 39.8 Å². The molecule has 1 spiro atoms. The molecule has 0 aliphatic heterocycles. The highest BCUT2D eigenvalue weighted by Crippen LogP contribution is 2.54. The Balaban J connectivity index is 2.27. The molecule has 2 aliphatic carbocycles. The third-order valence-corrected chi connectivity index (χ3v) is 4.76. The summed E-state index contributed by atoms with van der Waals surface area (Å²) in [6.45, 7) is 9.43. The van der Waals surface area contributed by atoms with Crippen LogP contribution in [0.15, 0.2) is 23.3 Å². The predicted molar refractivity (Wildman–Crippen MR) is 66.7 cm³/mol. The minimum Gasteiger partial charge on any atom is -0.0847 e. The Morgan fingerprint density at radius 2 is 2.00 bits per heavy atom. The maximum Gasteiger partial charge on any atom is -0.00197 e. The van der Waals surface area contributed by atoms with Crippen LogP contribution in [0.4, 0.5) is 0 Å². The van der Waals surface area contributed by atoms with Gasteiger partial charge >= 0.3 is 0 Å². The average molecular weight is 204 g/mol. The zero-order valence-corrected chi connectivity index (χ0v) is 10.6. The molecular formula is C15H24. The lowest BCUT2D eigenvalue weighted by molar-refractivity contribution is 0.158. The lowest BCUT2D eigenvalue weighted by atomic mass is 9.62. The Morgan fingerprint density at radius 1 is 1.27 bits per heavy atom. The van der Waals surface area contributed by atoms with Gasteiger partial charge in [0, 0.05) is 0 Å². The molecule has 0 nitrogen and oxygen atoms in total. The van der Waals surface area contributed by atoms with Gasteiger partial charge in [-0.15, -0.1) is 0 Å². The molecule has 0 aromatic heterocycles. The van der Waals surface area contributed by atoms with Crippen LogP contribution in [0.3, 0.4) is 0 Å². The maximum absolute atomic E-state index is 2.50. The summed E-state index contributed by atoms with van der Waals surface area (Å²) in [5, 5.41) is 0. The molecule has 0 radical (unpaired) electrons. The van der Waals surface area contributed by atoms with Crippen LogP contribution in [-0.4, -0.2) is 0 Å². The summed E-state index contributed by atoms with van der Waals surface area (Å²) in [6, 6.07) is 0. The summed E-state index contributed by atoms with van der Waals surface area (Å²) < 4.78 is 0. The molecule has 0 N–H and O–H groups in total. The van der Waals surface area contributed by atoms with Crippen molar-refractivity contribution in [3.05, 3.63) is 23.3 Å². The molecule has 0 saturated heterocycles. The average Bonchev–Trinajstić information content (AvgIpc) is 2.50. The van der Waals surface area contributed by atoms with E-state index in [0.29, 0.717) is 5.41 Å². The molecule has 0 unspecified atom stereocenters. The second-order valence-corrected chi connectivity index (χ2v) is 5.88. The Bertz CT molecular complexity index is 306. The van der Waals surface area contributed by atoms with E-state index in [1.807, 2.05) is 0 Å². The Morgan fingerprint density at radius 3 is 2.53 bits per heavy atom. The third kappa shape index (κ3) is 1.68. The van der Waals surface area contributed by atoms with Gasteiger partial charge in [0.25, 0.3) is 0 Å². The standard InChI is InChI=1S/C15H24/c1-11(2)14-6-5-13(4)15(14)9-7-12(3)8-10-15/h5,7,11,14H,6,8-10H2,1-4H3/t14-,15-/m0/s1. The van der Waals surface area contributed by atoms with Gasteiger partial charge in [-0.25, -0.2) is 0 Å². The van der Waals surface area contributed by atoms with Gasteiger partial charge in [0.15, 0.2) is 0 Å². The molecule has 2 atom stereocenters. The topological polar surface area (TPSA) is 0 Å². The van der Waals surface area contributed by atoms with Crippen molar-refractivity contribution in [3.63, 3.8) is 0 Å². The van der Waals surface area contributed by atoms with Crippen molar-refractivity contribution < 1.29 is 0 Å². The fourth-order valence-electron chi connectivity index (χ4n) is 3.61. The summed E-state index contributed by atoms with van der Waals surface area (Å²) in [5.41, 5.74) is 3.81. The van der Waals surface area contributed by atoms with Crippen molar-refractivity contribution in [1.29, 1.82) is 0 Å². The van der Waals surface area contributed by atoms with Crippen LogP contribution in [0, 0.1) is 17.3 Å². The SMILES string of the molecule is CC1=CC[C@]2(CC1)C(C)=CC[C@H]2C(C)C. The summed E-state index contributed by atoms with van der Waals surface area (Å²) in [6.07, 6.45) is 10.3. The van der Waals surface area contributed by atoms with E-state index in [4.69, 9.17) is 0 Å². The van der Waals surface area contributed by atoms with Crippen molar-refractivity contribution in [2.24, 2.45) is 17.3 Å². The van der Waals surface area contributed by atoms with Crippen molar-refractivity contribution in [1.82, 2.24) is 0 Å². The van der Waals surface area contributed by atoms with Crippen LogP contribution in [0.1, 0.15) is 53.4 Å². The van der Waals surface area contributed by atoms with Gasteiger partial charge in [0.1, 0.15) is 0 Å². The van der Waals surface area contributed by atoms with Gasteiger partial charge in [-0.2, -0.15) is 0 Å². The zero-order valence-electron chi connectivity index (χ0n) is 10.6. The summed E-state index contributed by atoms with van der Waals surface area (Å²) in [7, 11) is 0. The number of hydrogen-bond donors (Lipinski definition) is 0. The number of allylic oxidation sites excluding steroid dienone is 4. The second kappa shape index (κ2) is 3.81. The van der Waals surface area contributed by atoms with Gasteiger partial charge in [-0.1, -0.05) is 37.1 Å². The normalized spacial score (nSPS) is 35.9. The smallest absolute Gasteiger partial charge is 0.00197 e. The highest BCUT2D eigenvalue weighted by molar-refractivity contribution is 5.26. The minimum absolute atomic E-state index is 0.535. The second-order valence-electron chi connectivity index (χ2n) is 5.88. The first-order chi connectivity index (χ1) is 7.06. The molecule has 15 heavy (non-hydrogen) atoms. The van der Waals surface area contributed by atoms with E-state index < -0.39 is 0 Å². The van der Waals surface area contributed by atoms with E-state index in [1.54, 1.807) is 11.1 Å². The Labute approximate surface area is 94.5 Å². The lowest BCUT2D eigenvalue weighted by Gasteiger charge is -2.42. The molecule has 2 rings (SSSR count). The van der Waals surface area contributed by atoms with Crippen LogP contribution < -0.4 is 0 Å². The molecular weight excluding hydrogens is 180 g/mol. The molecule has 2 aliphatic rings. The van der Waals surface area contributed by atoms with E-state index in [1.165, 1.54) is 25.7 Å². The van der Waals surface area contributed by atoms with E-state index in [9.17, 15) is 0 Å². The van der Waals surface area contributed by atoms with Crippen LogP contribution in [-0.2, 0) is 0 Å². The van der Waals surface area contributed by atoms with E-state index >= 15 is 0 Å². The lowest BCUT2D eigenvalue weighted by Crippen LogP contribution is -2.32. The maximum atomic E-state index is 2.50. The van der Waals surface area contributed by atoms with Crippen molar-refractivity contribution in [3.8, 4) is 0 Å². The molecule has 0 bridgehead atoms. The van der Waals surface area contributed by atoms with Crippen LogP contribution in [0.5, 0.6) is 0 Å². The predicted octanol–water partition coefficient (Wildman–Crippen LogP) is 4.73. The van der Waals surface area contributed by atoms with Gasteiger partial charge in [0.2, 0.25) is 0 Å². The van der Waals surface area contributed by atoms with Crippen molar-refractivity contribution in [2.75, 3.05) is 0 Å². The zero-order chi connectivity index (χ0) is 11.1. The van der Waals surface area contributed by atoms with Crippen LogP contribution >= 0.6 is 0 Å². The van der Waals surface area contributed by atoms with Crippen LogP contribution in [0.25, 0.3) is 0 Å². The van der Waals surface area contributed by atoms with E-state index in [-0.39, 0.29) is 0 Å². The summed E-state index contributed by atoms with van der Waals surface area (Å²) in [5.74, 6) is 1.72. The molecule has 0 saturated carbocycles. The molecule has 0 heterocycles. The molecule has 0 heteroatoms. The first-order valence-electron chi connectivity index (χ1n) is 6.39. The van der Waals surface area contributed by atoms with Crippen molar-refractivity contribution >= 4 is 0 Å². The number of hydrogen-bond acceptors (Lipinski definition) is 0. The van der Waals surface area contributed by atoms with Crippen molar-refractivity contribution in [2.45, 2.75) is 53.4 Å². The molecule has 0 amide bonds. The molecule has 0 fully saturated rings. The molecule has 0 aromatic carbocycles. The monoisotopic (exact) mass is 204 g/mol. The van der Waals surface area contributed by atoms with E-state index in [0.717, 1.165) is 11.8 Å². The fourth-order valence-corrected chi connectivity index (χ4v) is 3.61. The minimum atomic E-state index is 0.535. The highest BCUT2D eigenvalue weighted by atomic mass is 14.5. The van der Waals surface area contributed by atoms with Gasteiger partial charge in [0.05, 0.1) is 0 Å². The largest absolute Gasteiger partial charge is 0.0847 e. The van der Waals surface area contributed by atoms with Gasteiger partial charge in [-0.05, 0) is 56.8 Å². The summed E-state index contributed by atoms with van der Waals surface area (Å²) in [4.78, 5) is 0. The summed E-state index contributed by atoms with van der Waals surface area (Å²) >= 11 is 0.